The fourth-order valence-corrected chi connectivity index (χ4v) is 2.78. The molecule has 0 fully saturated rings. The smallest absolute Gasteiger partial charge is 0.120 e. The molecular formula is C18H20O2P-. The topological polar surface area (TPSA) is 32.3 Å². The third-order valence-electron chi connectivity index (χ3n) is 3.32. The molecule has 3 heteroatoms. The largest absolute Gasteiger partial charge is 0.823 e. The lowest BCUT2D eigenvalue weighted by atomic mass is 10.2. The molecule has 110 valence electrons. The van der Waals surface area contributed by atoms with E-state index < -0.39 is 0 Å². The first-order chi connectivity index (χ1) is 10.1. The lowest BCUT2D eigenvalue weighted by molar-refractivity contribution is -0.207. The highest BCUT2D eigenvalue weighted by Crippen LogP contribution is 2.17. The zero-order valence-electron chi connectivity index (χ0n) is 12.7. The van der Waals surface area contributed by atoms with E-state index in [1.54, 1.807) is 0 Å². The molecule has 0 radical (unpaired) electrons. The normalized spacial score (nSPS) is 13.0. The molecule has 1 unspecified atom stereocenters. The second kappa shape index (κ2) is 7.40. The predicted octanol–water partition coefficient (Wildman–Crippen LogP) is 3.28. The minimum atomic E-state index is 0.120. The second-order valence-corrected chi connectivity index (χ2v) is 6.18. The first-order valence-electron chi connectivity index (χ1n) is 7.18. The summed E-state index contributed by atoms with van der Waals surface area (Å²) in [6.07, 6.45) is 1.18. The van der Waals surface area contributed by atoms with Gasteiger partial charge in [0.05, 0.1) is 6.10 Å². The summed E-state index contributed by atoms with van der Waals surface area (Å²) in [5, 5.41) is 13.3. The van der Waals surface area contributed by atoms with Crippen molar-refractivity contribution in [3.63, 3.8) is 0 Å². The van der Waals surface area contributed by atoms with E-state index in [1.165, 1.54) is 0 Å². The van der Waals surface area contributed by atoms with Gasteiger partial charge in [-0.25, -0.2) is 0 Å². The Hall–Kier alpha value is -1.63. The van der Waals surface area contributed by atoms with E-state index in [-0.39, 0.29) is 11.6 Å². The quantitative estimate of drug-likeness (QED) is 0.794. The van der Waals surface area contributed by atoms with Gasteiger partial charge >= 0.3 is 0 Å². The van der Waals surface area contributed by atoms with Crippen LogP contribution in [-0.4, -0.2) is 11.6 Å². The molecular weight excluding hydrogens is 279 g/mol. The van der Waals surface area contributed by atoms with Crippen molar-refractivity contribution in [3.05, 3.63) is 59.7 Å². The monoisotopic (exact) mass is 299 g/mol. The van der Waals surface area contributed by atoms with Crippen molar-refractivity contribution in [1.29, 1.82) is 0 Å². The minimum Gasteiger partial charge on any atom is -0.823 e. The highest BCUT2D eigenvalue weighted by molar-refractivity contribution is 7.49. The Morgan fingerprint density at radius 2 is 1.90 bits per heavy atom. The van der Waals surface area contributed by atoms with Crippen LogP contribution in [0.3, 0.4) is 0 Å². The van der Waals surface area contributed by atoms with Gasteiger partial charge in [0, 0.05) is 5.30 Å². The fourth-order valence-electron chi connectivity index (χ4n) is 1.90. The number of hydrogen-bond acceptors (Lipinski definition) is 2. The molecule has 1 atom stereocenters. The van der Waals surface area contributed by atoms with Crippen LogP contribution in [0.25, 0.3) is 0 Å². The molecule has 0 aliphatic heterocycles. The number of rotatable bonds is 5. The maximum Gasteiger partial charge on any atom is 0.120 e. The van der Waals surface area contributed by atoms with Crippen LogP contribution in [0.2, 0.25) is 0 Å². The zero-order valence-corrected chi connectivity index (χ0v) is 13.6. The van der Waals surface area contributed by atoms with Crippen molar-refractivity contribution in [3.8, 4) is 5.75 Å². The van der Waals surface area contributed by atoms with E-state index in [0.29, 0.717) is 8.20 Å². The number of benzene rings is 2. The summed E-state index contributed by atoms with van der Waals surface area (Å²) in [6, 6.07) is 15.3. The number of hydrogen-bond donors (Lipinski definition) is 0. The molecule has 0 amide bonds. The van der Waals surface area contributed by atoms with Crippen molar-refractivity contribution in [2.24, 2.45) is 0 Å². The summed E-state index contributed by atoms with van der Waals surface area (Å²) in [5.41, 5.74) is 1.95. The summed E-state index contributed by atoms with van der Waals surface area (Å²) < 4.78 is 5.80. The molecule has 2 aromatic rings. The molecule has 0 heterocycles. The van der Waals surface area contributed by atoms with E-state index in [4.69, 9.17) is 4.74 Å². The van der Waals surface area contributed by atoms with Gasteiger partial charge < -0.3 is 9.84 Å². The molecule has 2 aromatic carbocycles. The molecule has 0 saturated carbocycles. The summed E-state index contributed by atoms with van der Waals surface area (Å²) in [7, 11) is 0.707. The Bertz CT molecular complexity index is 620. The van der Waals surface area contributed by atoms with E-state index >= 15 is 0 Å². The van der Waals surface area contributed by atoms with Gasteiger partial charge in [0.25, 0.3) is 0 Å². The average Bonchev–Trinajstić information content (AvgIpc) is 2.50. The number of ether oxygens (including phenoxy) is 1. The molecule has 0 aliphatic carbocycles. The standard InChI is InChI=1S/C18H21O2P/c1-4-14(3)20-16-10-11-17(13(2)12-16)21-18(19)15-8-6-5-7-9-15/h5-12,14,19H,4H2,1-3H3/p-1. The SMILES string of the molecule is CCC(C)Oc1ccc(P=C([O-])c2ccccc2)c(C)c1. The van der Waals surface area contributed by atoms with Crippen LogP contribution in [-0.2, 0) is 0 Å². The highest BCUT2D eigenvalue weighted by Gasteiger charge is 2.03. The van der Waals surface area contributed by atoms with Gasteiger partial charge in [0.1, 0.15) is 5.75 Å². The fraction of sp³-hybridized carbons (Fsp3) is 0.278. The molecule has 0 bridgehead atoms. The predicted molar refractivity (Wildman–Crippen MR) is 88.7 cm³/mol. The minimum absolute atomic E-state index is 0.120. The Kier molecular flexibility index (Phi) is 5.55. The van der Waals surface area contributed by atoms with Gasteiger partial charge in [-0.15, -0.1) is 5.48 Å². The summed E-state index contributed by atoms with van der Waals surface area (Å²) in [5.74, 6) is 0.868. The summed E-state index contributed by atoms with van der Waals surface area (Å²) >= 11 is 0. The van der Waals surface area contributed by atoms with E-state index in [2.05, 4.69) is 13.8 Å². The maximum absolute atomic E-state index is 12.2. The summed E-state index contributed by atoms with van der Waals surface area (Å²) in [4.78, 5) is 0. The van der Waals surface area contributed by atoms with Crippen molar-refractivity contribution in [1.82, 2.24) is 0 Å². The molecule has 0 spiro atoms. The Balaban J connectivity index is 2.21. The van der Waals surface area contributed by atoms with Crippen molar-refractivity contribution >= 4 is 19.0 Å². The van der Waals surface area contributed by atoms with Crippen molar-refractivity contribution in [2.45, 2.75) is 33.3 Å². The van der Waals surface area contributed by atoms with E-state index in [9.17, 15) is 5.11 Å². The molecule has 2 nitrogen and oxygen atoms in total. The Morgan fingerprint density at radius 3 is 2.52 bits per heavy atom. The zero-order chi connectivity index (χ0) is 15.2. The van der Waals surface area contributed by atoms with Gasteiger partial charge in [-0.05, 0) is 49.6 Å². The van der Waals surface area contributed by atoms with Crippen LogP contribution < -0.4 is 15.1 Å². The molecule has 0 aliphatic rings. The highest BCUT2D eigenvalue weighted by atomic mass is 31.1. The third-order valence-corrected chi connectivity index (χ3v) is 4.53. The van der Waals surface area contributed by atoms with Gasteiger partial charge in [-0.3, -0.25) is 0 Å². The van der Waals surface area contributed by atoms with Crippen LogP contribution in [0.4, 0.5) is 0 Å². The number of aryl methyl sites for hydroxylation is 1. The third kappa shape index (κ3) is 4.42. The Labute approximate surface area is 128 Å². The lowest BCUT2D eigenvalue weighted by Crippen LogP contribution is -2.18. The molecule has 2 rings (SSSR count). The lowest BCUT2D eigenvalue weighted by Gasteiger charge is -2.15. The van der Waals surface area contributed by atoms with Gasteiger partial charge in [0.15, 0.2) is 0 Å². The first-order valence-corrected chi connectivity index (χ1v) is 8.08. The van der Waals surface area contributed by atoms with Crippen molar-refractivity contribution < 1.29 is 9.84 Å². The summed E-state index contributed by atoms with van der Waals surface area (Å²) in [6.45, 7) is 6.17. The van der Waals surface area contributed by atoms with Crippen LogP contribution in [0, 0.1) is 6.92 Å². The molecule has 0 N–H and O–H groups in total. The van der Waals surface area contributed by atoms with E-state index in [1.807, 2.05) is 55.5 Å². The maximum atomic E-state index is 12.2. The van der Waals surface area contributed by atoms with Crippen LogP contribution in [0.15, 0.2) is 48.5 Å². The van der Waals surface area contributed by atoms with E-state index in [0.717, 1.165) is 28.6 Å². The molecule has 0 saturated heterocycles. The average molecular weight is 299 g/mol. The van der Waals surface area contributed by atoms with Gasteiger partial charge in [-0.2, -0.15) is 0 Å². The second-order valence-electron chi connectivity index (χ2n) is 5.07. The van der Waals surface area contributed by atoms with Gasteiger partial charge in [0.2, 0.25) is 0 Å². The van der Waals surface area contributed by atoms with Gasteiger partial charge in [-0.1, -0.05) is 45.5 Å². The van der Waals surface area contributed by atoms with Crippen LogP contribution >= 0.6 is 8.20 Å². The first kappa shape index (κ1) is 15.8. The Morgan fingerprint density at radius 1 is 1.19 bits per heavy atom. The van der Waals surface area contributed by atoms with Crippen LogP contribution in [0.1, 0.15) is 31.4 Å². The van der Waals surface area contributed by atoms with Crippen LogP contribution in [0.5, 0.6) is 5.75 Å². The molecule has 21 heavy (non-hydrogen) atoms. The van der Waals surface area contributed by atoms with Crippen molar-refractivity contribution in [2.75, 3.05) is 0 Å². The molecule has 0 aromatic heterocycles.